The number of amides is 1. The molecule has 0 saturated heterocycles. The van der Waals surface area contributed by atoms with E-state index >= 15 is 0 Å². The zero-order valence-electron chi connectivity index (χ0n) is 19.7. The Balaban J connectivity index is 1.91. The number of ketones is 2. The van der Waals surface area contributed by atoms with Gasteiger partial charge in [-0.25, -0.2) is 0 Å². The van der Waals surface area contributed by atoms with E-state index in [9.17, 15) is 34.8 Å². The predicted molar refractivity (Wildman–Crippen MR) is 123 cm³/mol. The molecule has 3 aliphatic rings. The predicted octanol–water partition coefficient (Wildman–Crippen LogP) is -0.342. The van der Waals surface area contributed by atoms with Crippen LogP contribution in [0.3, 0.4) is 0 Å². The summed E-state index contributed by atoms with van der Waals surface area (Å²) in [6, 6.07) is 1.99. The number of nitrogens with one attached hydrogen (secondary N) is 1. The van der Waals surface area contributed by atoms with Crippen molar-refractivity contribution in [2.45, 2.75) is 31.0 Å². The van der Waals surface area contributed by atoms with Crippen molar-refractivity contribution in [1.29, 1.82) is 0 Å². The number of methoxy groups -OCH3 is 1. The largest absolute Gasteiger partial charge is 0.508 e. The van der Waals surface area contributed by atoms with Gasteiger partial charge in [0.05, 0.1) is 18.3 Å². The highest BCUT2D eigenvalue weighted by molar-refractivity contribution is 6.24. The van der Waals surface area contributed by atoms with Crippen LogP contribution in [0.25, 0.3) is 5.76 Å². The maximum atomic E-state index is 13.7. The van der Waals surface area contributed by atoms with E-state index in [1.807, 2.05) is 0 Å². The Morgan fingerprint density at radius 2 is 1.94 bits per heavy atom. The minimum Gasteiger partial charge on any atom is -0.508 e. The molecule has 11 heteroatoms. The number of phenolic OH excluding ortho intramolecular Hbond substituents is 1. The number of fused-ring (bicyclic) bond motifs is 3. The second kappa shape index (κ2) is 8.76. The zero-order valence-corrected chi connectivity index (χ0v) is 19.7. The third-order valence-corrected chi connectivity index (χ3v) is 7.26. The van der Waals surface area contributed by atoms with Crippen LogP contribution in [0.4, 0.5) is 0 Å². The van der Waals surface area contributed by atoms with E-state index in [2.05, 4.69) is 5.32 Å². The molecule has 0 radical (unpaired) electrons. The number of benzene rings is 1. The van der Waals surface area contributed by atoms with Gasteiger partial charge in [-0.2, -0.15) is 0 Å². The van der Waals surface area contributed by atoms with Crippen LogP contribution in [-0.2, 0) is 32.1 Å². The molecule has 1 fully saturated rings. The molecule has 4 atom stereocenters. The molecule has 0 bridgehead atoms. The number of aliphatic hydroxyl groups excluding tert-OH is 2. The van der Waals surface area contributed by atoms with E-state index < -0.39 is 58.0 Å². The highest BCUT2D eigenvalue weighted by Crippen LogP contribution is 2.52. The molecule has 0 aliphatic heterocycles. The summed E-state index contributed by atoms with van der Waals surface area (Å²) >= 11 is 0. The fraction of sp³-hybridized carbons (Fsp3) is 0.458. The summed E-state index contributed by atoms with van der Waals surface area (Å²) in [5.74, 6) is -6.64. The molecule has 7 N–H and O–H groups in total. The van der Waals surface area contributed by atoms with Crippen LogP contribution in [0.15, 0.2) is 29.0 Å². The number of aromatic hydroxyl groups is 1. The first-order chi connectivity index (χ1) is 16.5. The van der Waals surface area contributed by atoms with Crippen molar-refractivity contribution in [3.8, 4) is 5.75 Å². The van der Waals surface area contributed by atoms with Gasteiger partial charge in [-0.15, -0.1) is 0 Å². The molecular weight excluding hydrogens is 458 g/mol. The Morgan fingerprint density at radius 3 is 2.54 bits per heavy atom. The number of hydrogen-bond acceptors (Lipinski definition) is 10. The lowest BCUT2D eigenvalue weighted by Crippen LogP contribution is -2.65. The maximum Gasteiger partial charge on any atom is 0.255 e. The number of rotatable bonds is 6. The molecule has 1 amide bonds. The van der Waals surface area contributed by atoms with Gasteiger partial charge in [0.25, 0.3) is 5.91 Å². The third-order valence-electron chi connectivity index (χ3n) is 7.26. The van der Waals surface area contributed by atoms with Gasteiger partial charge in [-0.1, -0.05) is 6.07 Å². The lowest BCUT2D eigenvalue weighted by Gasteiger charge is -2.50. The molecule has 1 aromatic rings. The molecule has 4 rings (SSSR count). The van der Waals surface area contributed by atoms with Crippen LogP contribution in [0.1, 0.15) is 23.1 Å². The van der Waals surface area contributed by atoms with E-state index in [4.69, 9.17) is 10.5 Å². The molecule has 0 spiro atoms. The summed E-state index contributed by atoms with van der Waals surface area (Å²) in [5, 5.41) is 47.2. The van der Waals surface area contributed by atoms with E-state index in [1.165, 1.54) is 18.1 Å². The third kappa shape index (κ3) is 3.54. The highest BCUT2D eigenvalue weighted by Gasteiger charge is 2.64. The lowest BCUT2D eigenvalue weighted by atomic mass is 9.57. The molecule has 1 aromatic carbocycles. The summed E-state index contributed by atoms with van der Waals surface area (Å²) in [6.45, 7) is 0.650. The summed E-state index contributed by atoms with van der Waals surface area (Å²) in [4.78, 5) is 40.3. The van der Waals surface area contributed by atoms with Crippen LogP contribution < -0.4 is 11.1 Å². The number of ether oxygens (including phenoxy) is 1. The Bertz CT molecular complexity index is 1190. The summed E-state index contributed by atoms with van der Waals surface area (Å²) in [7, 11) is 4.66. The van der Waals surface area contributed by atoms with Crippen molar-refractivity contribution in [2.75, 3.05) is 27.9 Å². The van der Waals surface area contributed by atoms with Crippen LogP contribution in [0.2, 0.25) is 0 Å². The molecule has 188 valence electrons. The molecule has 35 heavy (non-hydrogen) atoms. The maximum absolute atomic E-state index is 13.7. The van der Waals surface area contributed by atoms with Crippen molar-refractivity contribution in [2.24, 2.45) is 17.6 Å². The number of nitrogens with two attached hydrogens (primary N) is 1. The van der Waals surface area contributed by atoms with Gasteiger partial charge in [0.2, 0.25) is 5.78 Å². The van der Waals surface area contributed by atoms with E-state index in [0.717, 1.165) is 5.56 Å². The summed E-state index contributed by atoms with van der Waals surface area (Å²) in [6.07, 6.45) is 0.291. The number of nitrogens with zero attached hydrogens (tertiary/aromatic N) is 1. The number of hydrogen-bond donors (Lipinski definition) is 6. The van der Waals surface area contributed by atoms with Crippen LogP contribution >= 0.6 is 0 Å². The first-order valence-corrected chi connectivity index (χ1v) is 11.1. The van der Waals surface area contributed by atoms with Crippen molar-refractivity contribution in [3.63, 3.8) is 0 Å². The fourth-order valence-corrected chi connectivity index (χ4v) is 5.76. The van der Waals surface area contributed by atoms with E-state index in [-0.39, 0.29) is 36.5 Å². The second-order valence-electron chi connectivity index (χ2n) is 9.42. The summed E-state index contributed by atoms with van der Waals surface area (Å²) < 4.78 is 5.01. The second-order valence-corrected chi connectivity index (χ2v) is 9.42. The van der Waals surface area contributed by atoms with Crippen LogP contribution in [0.5, 0.6) is 5.75 Å². The van der Waals surface area contributed by atoms with Crippen LogP contribution in [-0.4, -0.2) is 82.4 Å². The minimum absolute atomic E-state index is 0.0480. The van der Waals surface area contributed by atoms with Gasteiger partial charge in [-0.05, 0) is 50.0 Å². The highest BCUT2D eigenvalue weighted by atomic mass is 16.5. The SMILES string of the molecule is COCNCc1ccc(O)c2c1C[C@H]1C[C@H]3[C@H](N(C)C)C(=O)C(C(N)=O)=C(O)[C@@]3(O)C(=O)C1=C2O. The fourth-order valence-electron chi connectivity index (χ4n) is 5.76. The number of aliphatic hydroxyl groups is 3. The number of carbonyl (C=O) groups is 3. The molecule has 0 heterocycles. The van der Waals surface area contributed by atoms with Crippen molar-refractivity contribution >= 4 is 23.2 Å². The molecule has 0 unspecified atom stereocenters. The standard InChI is InChI=1S/C24H29N3O8/c1-27(2)18-13-7-11-6-12-10(8-26-9-35-3)4-5-14(28)16(12)19(29)15(11)21(31)24(13,34)22(32)17(20(18)30)23(25)33/h4-5,11,13,18,26,28-29,32,34H,6-9H2,1-3H3,(H2,25,33)/t11-,13-,18-,24-/m0/s1. The number of likely N-dealkylation sites (N-methyl/N-ethyl adjacent to an activating group) is 1. The number of Topliss-reactive ketones (excluding diaryl/α,β-unsaturated/α-hetero) is 2. The van der Waals surface area contributed by atoms with Gasteiger partial charge >= 0.3 is 0 Å². The molecule has 0 aromatic heterocycles. The Kier molecular flexibility index (Phi) is 6.22. The van der Waals surface area contributed by atoms with Gasteiger partial charge < -0.3 is 30.9 Å². The minimum atomic E-state index is -2.64. The first-order valence-electron chi connectivity index (χ1n) is 11.1. The van der Waals surface area contributed by atoms with E-state index in [1.54, 1.807) is 20.2 Å². The van der Waals surface area contributed by atoms with Crippen LogP contribution in [0, 0.1) is 11.8 Å². The average Bonchev–Trinajstić information content (AvgIpc) is 2.77. The summed E-state index contributed by atoms with van der Waals surface area (Å²) in [5.41, 5.74) is 3.14. The Morgan fingerprint density at radius 1 is 1.26 bits per heavy atom. The van der Waals surface area contributed by atoms with Crippen molar-refractivity contribution in [3.05, 3.63) is 45.7 Å². The topological polar surface area (TPSA) is 183 Å². The van der Waals surface area contributed by atoms with Gasteiger partial charge in [0.1, 0.15) is 22.8 Å². The number of primary amides is 1. The Hall–Kier alpha value is -3.25. The number of carbonyl (C=O) groups excluding carboxylic acids is 3. The van der Waals surface area contributed by atoms with Gasteiger partial charge in [0, 0.05) is 25.1 Å². The van der Waals surface area contributed by atoms with Crippen molar-refractivity contribution < 1.29 is 39.5 Å². The Labute approximate surface area is 201 Å². The average molecular weight is 488 g/mol. The smallest absolute Gasteiger partial charge is 0.255 e. The van der Waals surface area contributed by atoms with E-state index in [0.29, 0.717) is 12.1 Å². The quantitative estimate of drug-likeness (QED) is 0.176. The first kappa shape index (κ1) is 24.9. The normalized spacial score (nSPS) is 28.2. The number of phenols is 1. The van der Waals surface area contributed by atoms with Gasteiger partial charge in [0.15, 0.2) is 11.4 Å². The van der Waals surface area contributed by atoms with Gasteiger partial charge in [-0.3, -0.25) is 24.6 Å². The monoisotopic (exact) mass is 487 g/mol. The molecule has 1 saturated carbocycles. The molecule has 11 nitrogen and oxygen atoms in total. The zero-order chi connectivity index (χ0) is 25.8. The van der Waals surface area contributed by atoms with Crippen molar-refractivity contribution in [1.82, 2.24) is 10.2 Å². The molecular formula is C24H29N3O8. The molecule has 3 aliphatic carbocycles. The lowest BCUT2D eigenvalue weighted by molar-refractivity contribution is -0.153.